The van der Waals surface area contributed by atoms with Crippen LogP contribution in [-0.4, -0.2) is 45.5 Å². The van der Waals surface area contributed by atoms with Gasteiger partial charge in [0.2, 0.25) is 10.0 Å². The van der Waals surface area contributed by atoms with Gasteiger partial charge in [0.05, 0.1) is 4.90 Å². The number of nitrogens with two attached hydrogens (primary N) is 1. The first-order valence-corrected chi connectivity index (χ1v) is 8.92. The number of hydrogen-bond donors (Lipinski definition) is 2. The highest BCUT2D eigenvalue weighted by atomic mass is 32.2. The molecular weight excluding hydrogens is 286 g/mol. The van der Waals surface area contributed by atoms with E-state index in [-0.39, 0.29) is 6.04 Å². The first-order valence-electron chi connectivity index (χ1n) is 7.44. The second-order valence-corrected chi connectivity index (χ2v) is 7.49. The molecule has 1 aliphatic rings. The Labute approximate surface area is 127 Å². The van der Waals surface area contributed by atoms with Crippen molar-refractivity contribution < 1.29 is 8.42 Å². The zero-order chi connectivity index (χ0) is 15.5. The lowest BCUT2D eigenvalue weighted by molar-refractivity contribution is 0.212. The van der Waals surface area contributed by atoms with Gasteiger partial charge in [-0.05, 0) is 63.0 Å². The predicted octanol–water partition coefficient (Wildman–Crippen LogP) is 1.00. The minimum Gasteiger partial charge on any atom is -0.329 e. The molecule has 3 N–H and O–H groups in total. The van der Waals surface area contributed by atoms with Gasteiger partial charge < -0.3 is 10.6 Å². The minimum absolute atomic E-state index is 0.0191. The molecule has 1 saturated heterocycles. The molecule has 0 saturated carbocycles. The summed E-state index contributed by atoms with van der Waals surface area (Å²) in [6.07, 6.45) is 1.67. The topological polar surface area (TPSA) is 75.4 Å². The van der Waals surface area contributed by atoms with Gasteiger partial charge in [-0.25, -0.2) is 13.1 Å². The molecule has 0 unspecified atom stereocenters. The maximum Gasteiger partial charge on any atom is 0.240 e. The van der Waals surface area contributed by atoms with Crippen LogP contribution in [0.2, 0.25) is 0 Å². The van der Waals surface area contributed by atoms with E-state index < -0.39 is 10.0 Å². The third kappa shape index (κ3) is 4.26. The van der Waals surface area contributed by atoms with Crippen LogP contribution in [0.25, 0.3) is 0 Å². The number of rotatable bonds is 5. The van der Waals surface area contributed by atoms with Crippen LogP contribution in [-0.2, 0) is 10.0 Å². The van der Waals surface area contributed by atoms with Crippen molar-refractivity contribution in [3.8, 4) is 0 Å². The molecule has 21 heavy (non-hydrogen) atoms. The zero-order valence-electron chi connectivity index (χ0n) is 12.8. The van der Waals surface area contributed by atoms with E-state index in [0.717, 1.165) is 43.6 Å². The maximum absolute atomic E-state index is 12.4. The molecule has 1 heterocycles. The highest BCUT2D eigenvalue weighted by Gasteiger charge is 2.24. The van der Waals surface area contributed by atoms with E-state index in [1.807, 2.05) is 19.9 Å². The first kappa shape index (κ1) is 16.4. The number of sulfonamides is 1. The summed E-state index contributed by atoms with van der Waals surface area (Å²) >= 11 is 0. The van der Waals surface area contributed by atoms with Gasteiger partial charge in [0.1, 0.15) is 0 Å². The summed E-state index contributed by atoms with van der Waals surface area (Å²) in [7, 11) is -3.42. The van der Waals surface area contributed by atoms with E-state index in [2.05, 4.69) is 9.62 Å². The molecule has 2 rings (SSSR count). The molecule has 0 amide bonds. The number of nitrogens with zero attached hydrogens (tertiary/aromatic N) is 1. The summed E-state index contributed by atoms with van der Waals surface area (Å²) in [5.74, 6) is 0. The summed E-state index contributed by atoms with van der Waals surface area (Å²) in [6.45, 7) is 7.25. The SMILES string of the molecule is Cc1ccc(S(=O)(=O)NC2CCN(CCN)CC2)cc1C. The molecule has 0 atom stereocenters. The molecule has 5 nitrogen and oxygen atoms in total. The van der Waals surface area contributed by atoms with Crippen LogP contribution in [0.1, 0.15) is 24.0 Å². The largest absolute Gasteiger partial charge is 0.329 e. The summed E-state index contributed by atoms with van der Waals surface area (Å²) in [4.78, 5) is 2.64. The molecule has 1 fully saturated rings. The van der Waals surface area contributed by atoms with E-state index in [4.69, 9.17) is 5.73 Å². The minimum atomic E-state index is -3.42. The van der Waals surface area contributed by atoms with E-state index in [9.17, 15) is 8.42 Å². The third-order valence-electron chi connectivity index (χ3n) is 4.14. The van der Waals surface area contributed by atoms with Crippen LogP contribution in [0.15, 0.2) is 23.1 Å². The van der Waals surface area contributed by atoms with Crippen LogP contribution in [0, 0.1) is 13.8 Å². The number of likely N-dealkylation sites (tertiary alicyclic amines) is 1. The second-order valence-electron chi connectivity index (χ2n) is 5.77. The Hall–Kier alpha value is -0.950. The number of benzene rings is 1. The fraction of sp³-hybridized carbons (Fsp3) is 0.600. The molecule has 118 valence electrons. The summed E-state index contributed by atoms with van der Waals surface area (Å²) < 4.78 is 27.7. The fourth-order valence-corrected chi connectivity index (χ4v) is 4.02. The first-order chi connectivity index (χ1) is 9.92. The molecule has 1 aromatic carbocycles. The quantitative estimate of drug-likeness (QED) is 0.851. The van der Waals surface area contributed by atoms with E-state index in [0.29, 0.717) is 11.4 Å². The Bertz CT molecular complexity index is 579. The number of piperidine rings is 1. The van der Waals surface area contributed by atoms with E-state index >= 15 is 0 Å². The maximum atomic E-state index is 12.4. The molecule has 0 aliphatic carbocycles. The number of aryl methyl sites for hydroxylation is 2. The molecule has 0 bridgehead atoms. The van der Waals surface area contributed by atoms with Crippen molar-refractivity contribution in [3.05, 3.63) is 29.3 Å². The normalized spacial score (nSPS) is 18.0. The van der Waals surface area contributed by atoms with Gasteiger partial charge in [-0.2, -0.15) is 0 Å². The van der Waals surface area contributed by atoms with Gasteiger partial charge in [0.25, 0.3) is 0 Å². The lowest BCUT2D eigenvalue weighted by Crippen LogP contribution is -2.45. The summed E-state index contributed by atoms with van der Waals surface area (Å²) in [6, 6.07) is 5.29. The molecule has 0 spiro atoms. The smallest absolute Gasteiger partial charge is 0.240 e. The van der Waals surface area contributed by atoms with Crippen molar-refractivity contribution in [2.75, 3.05) is 26.2 Å². The predicted molar refractivity (Wildman–Crippen MR) is 84.8 cm³/mol. The van der Waals surface area contributed by atoms with Crippen molar-refractivity contribution in [1.29, 1.82) is 0 Å². The van der Waals surface area contributed by atoms with Crippen molar-refractivity contribution in [3.63, 3.8) is 0 Å². The van der Waals surface area contributed by atoms with Gasteiger partial charge in [-0.1, -0.05) is 6.07 Å². The Morgan fingerprint density at radius 3 is 2.48 bits per heavy atom. The van der Waals surface area contributed by atoms with Gasteiger partial charge in [-0.3, -0.25) is 0 Å². The Morgan fingerprint density at radius 1 is 1.24 bits per heavy atom. The van der Waals surface area contributed by atoms with Crippen molar-refractivity contribution in [1.82, 2.24) is 9.62 Å². The lowest BCUT2D eigenvalue weighted by Gasteiger charge is -2.31. The van der Waals surface area contributed by atoms with E-state index in [1.165, 1.54) is 0 Å². The van der Waals surface area contributed by atoms with Crippen molar-refractivity contribution in [2.24, 2.45) is 5.73 Å². The number of nitrogens with one attached hydrogen (secondary N) is 1. The van der Waals surface area contributed by atoms with Crippen molar-refractivity contribution >= 4 is 10.0 Å². The lowest BCUT2D eigenvalue weighted by atomic mass is 10.1. The van der Waals surface area contributed by atoms with Gasteiger partial charge in [0, 0.05) is 19.1 Å². The Morgan fingerprint density at radius 2 is 1.90 bits per heavy atom. The second kappa shape index (κ2) is 6.87. The van der Waals surface area contributed by atoms with Crippen molar-refractivity contribution in [2.45, 2.75) is 37.6 Å². The summed E-state index contributed by atoms with van der Waals surface area (Å²) in [5, 5.41) is 0. The number of hydrogen-bond acceptors (Lipinski definition) is 4. The van der Waals surface area contributed by atoms with Gasteiger partial charge in [-0.15, -0.1) is 0 Å². The molecule has 1 aliphatic heterocycles. The highest BCUT2D eigenvalue weighted by molar-refractivity contribution is 7.89. The fourth-order valence-electron chi connectivity index (χ4n) is 2.63. The zero-order valence-corrected chi connectivity index (χ0v) is 13.6. The van der Waals surface area contributed by atoms with Crippen LogP contribution in [0.3, 0.4) is 0 Å². The van der Waals surface area contributed by atoms with E-state index in [1.54, 1.807) is 12.1 Å². The average molecular weight is 311 g/mol. The van der Waals surface area contributed by atoms with Crippen LogP contribution >= 0.6 is 0 Å². The average Bonchev–Trinajstić information content (AvgIpc) is 2.44. The Kier molecular flexibility index (Phi) is 5.37. The monoisotopic (exact) mass is 311 g/mol. The van der Waals surface area contributed by atoms with Crippen LogP contribution in [0.4, 0.5) is 0 Å². The van der Waals surface area contributed by atoms with Gasteiger partial charge in [0.15, 0.2) is 0 Å². The molecule has 6 heteroatoms. The molecular formula is C15H25N3O2S. The third-order valence-corrected chi connectivity index (χ3v) is 5.66. The van der Waals surface area contributed by atoms with Crippen LogP contribution in [0.5, 0.6) is 0 Å². The standard InChI is InChI=1S/C15H25N3O2S/c1-12-3-4-15(11-13(12)2)21(19,20)17-14-5-8-18(9-6-14)10-7-16/h3-4,11,14,17H,5-10,16H2,1-2H3. The Balaban J connectivity index is 2.00. The van der Waals surface area contributed by atoms with Gasteiger partial charge >= 0.3 is 0 Å². The van der Waals surface area contributed by atoms with Crippen LogP contribution < -0.4 is 10.5 Å². The summed E-state index contributed by atoms with van der Waals surface area (Å²) in [5.41, 5.74) is 7.64. The highest BCUT2D eigenvalue weighted by Crippen LogP contribution is 2.17. The molecule has 0 aromatic heterocycles. The molecule has 1 aromatic rings. The molecule has 0 radical (unpaired) electrons.